The first-order valence-electron chi connectivity index (χ1n) is 11.5. The van der Waals surface area contributed by atoms with Crippen LogP contribution < -0.4 is 0 Å². The maximum Gasteiger partial charge on any atom is 0.138 e. The number of phenolic OH excluding ortho intramolecular Hbond substituents is 3. The number of aromatic hydroxyl groups is 3. The van der Waals surface area contributed by atoms with Crippen molar-refractivity contribution in [1.82, 2.24) is 0 Å². The van der Waals surface area contributed by atoms with Gasteiger partial charge in [0, 0.05) is 28.6 Å². The van der Waals surface area contributed by atoms with Crippen molar-refractivity contribution in [2.45, 2.75) is 59.8 Å². The van der Waals surface area contributed by atoms with Crippen molar-refractivity contribution < 1.29 is 19.7 Å². The fourth-order valence-electron chi connectivity index (χ4n) is 3.84. The standard InChI is InChI=1S/C29H34O4/c1-19(2)7-5-8-20(3)9-6-10-21(4)11-14-25-26(16-24(31)17-27(25)32)29-15-22-12-13-23(30)18-28(22)33-29/h7,9,11-13,15-18,30-32H,5-6,8,10,14H2,1-4H3/b20-9+,21-11+. The zero-order chi connectivity index (χ0) is 24.0. The van der Waals surface area contributed by atoms with Gasteiger partial charge in [-0.3, -0.25) is 0 Å². The third-order valence-electron chi connectivity index (χ3n) is 5.76. The topological polar surface area (TPSA) is 73.8 Å². The van der Waals surface area contributed by atoms with Gasteiger partial charge in [-0.15, -0.1) is 0 Å². The molecule has 174 valence electrons. The second kappa shape index (κ2) is 11.0. The van der Waals surface area contributed by atoms with Gasteiger partial charge in [0.25, 0.3) is 0 Å². The fourth-order valence-corrected chi connectivity index (χ4v) is 3.84. The molecule has 33 heavy (non-hydrogen) atoms. The summed E-state index contributed by atoms with van der Waals surface area (Å²) in [6.07, 6.45) is 11.4. The highest BCUT2D eigenvalue weighted by Crippen LogP contribution is 2.38. The van der Waals surface area contributed by atoms with Gasteiger partial charge in [-0.05, 0) is 84.1 Å². The summed E-state index contributed by atoms with van der Waals surface area (Å²) in [7, 11) is 0. The van der Waals surface area contributed by atoms with Crippen molar-refractivity contribution in [1.29, 1.82) is 0 Å². The van der Waals surface area contributed by atoms with E-state index in [1.165, 1.54) is 22.8 Å². The highest BCUT2D eigenvalue weighted by molar-refractivity contribution is 5.85. The summed E-state index contributed by atoms with van der Waals surface area (Å²) in [5, 5.41) is 31.2. The Morgan fingerprint density at radius 2 is 1.48 bits per heavy atom. The molecular formula is C29H34O4. The van der Waals surface area contributed by atoms with Crippen LogP contribution in [0.25, 0.3) is 22.3 Å². The number of rotatable bonds is 9. The van der Waals surface area contributed by atoms with E-state index in [-0.39, 0.29) is 17.2 Å². The molecule has 0 saturated heterocycles. The van der Waals surface area contributed by atoms with Gasteiger partial charge < -0.3 is 19.7 Å². The van der Waals surface area contributed by atoms with Crippen LogP contribution in [-0.2, 0) is 6.42 Å². The molecule has 0 bridgehead atoms. The molecule has 4 nitrogen and oxygen atoms in total. The maximum absolute atomic E-state index is 10.6. The monoisotopic (exact) mass is 446 g/mol. The molecule has 3 aromatic rings. The molecule has 1 heterocycles. The van der Waals surface area contributed by atoms with E-state index in [4.69, 9.17) is 4.42 Å². The molecule has 0 atom stereocenters. The predicted octanol–water partition coefficient (Wildman–Crippen LogP) is 8.18. The van der Waals surface area contributed by atoms with Crippen LogP contribution >= 0.6 is 0 Å². The molecule has 0 aliphatic carbocycles. The molecule has 2 aromatic carbocycles. The van der Waals surface area contributed by atoms with Gasteiger partial charge in [0.15, 0.2) is 0 Å². The minimum Gasteiger partial charge on any atom is -0.508 e. The third-order valence-corrected chi connectivity index (χ3v) is 5.76. The van der Waals surface area contributed by atoms with Crippen molar-refractivity contribution in [3.63, 3.8) is 0 Å². The lowest BCUT2D eigenvalue weighted by Gasteiger charge is -2.10. The fraction of sp³-hybridized carbons (Fsp3) is 0.310. The van der Waals surface area contributed by atoms with Crippen LogP contribution in [-0.4, -0.2) is 15.3 Å². The van der Waals surface area contributed by atoms with E-state index >= 15 is 0 Å². The summed E-state index contributed by atoms with van der Waals surface area (Å²) < 4.78 is 5.92. The molecule has 0 aliphatic rings. The molecule has 0 unspecified atom stereocenters. The van der Waals surface area contributed by atoms with Crippen LogP contribution in [0.3, 0.4) is 0 Å². The van der Waals surface area contributed by atoms with E-state index < -0.39 is 0 Å². The average molecular weight is 447 g/mol. The van der Waals surface area contributed by atoms with Crippen LogP contribution in [0.2, 0.25) is 0 Å². The van der Waals surface area contributed by atoms with Gasteiger partial charge in [0.2, 0.25) is 0 Å². The molecular weight excluding hydrogens is 412 g/mol. The second-order valence-corrected chi connectivity index (χ2v) is 8.99. The zero-order valence-electron chi connectivity index (χ0n) is 20.0. The van der Waals surface area contributed by atoms with Gasteiger partial charge in [-0.1, -0.05) is 34.9 Å². The van der Waals surface area contributed by atoms with Gasteiger partial charge in [-0.2, -0.15) is 0 Å². The number of allylic oxidation sites excluding steroid dienone is 6. The number of furan rings is 1. The Hall–Kier alpha value is -3.40. The van der Waals surface area contributed by atoms with Crippen LogP contribution in [0, 0.1) is 0 Å². The first kappa shape index (κ1) is 24.2. The largest absolute Gasteiger partial charge is 0.508 e. The van der Waals surface area contributed by atoms with Crippen molar-refractivity contribution >= 4 is 11.0 Å². The molecule has 4 heteroatoms. The number of fused-ring (bicyclic) bond motifs is 1. The lowest BCUT2D eigenvalue weighted by Crippen LogP contribution is -1.90. The summed E-state index contributed by atoms with van der Waals surface area (Å²) in [5.74, 6) is 0.677. The van der Waals surface area contributed by atoms with E-state index in [1.807, 2.05) is 6.07 Å². The lowest BCUT2D eigenvalue weighted by atomic mass is 9.98. The quantitative estimate of drug-likeness (QED) is 0.290. The Kier molecular flexibility index (Phi) is 8.05. The Morgan fingerprint density at radius 3 is 2.21 bits per heavy atom. The van der Waals surface area contributed by atoms with E-state index in [0.717, 1.165) is 31.1 Å². The second-order valence-electron chi connectivity index (χ2n) is 8.99. The van der Waals surface area contributed by atoms with Crippen LogP contribution in [0.1, 0.15) is 58.9 Å². The molecule has 1 aromatic heterocycles. The first-order valence-corrected chi connectivity index (χ1v) is 11.5. The summed E-state index contributed by atoms with van der Waals surface area (Å²) in [6.45, 7) is 8.55. The minimum absolute atomic E-state index is 0.0241. The molecule has 3 N–H and O–H groups in total. The van der Waals surface area contributed by atoms with Crippen molar-refractivity contribution in [3.05, 3.63) is 76.9 Å². The highest BCUT2D eigenvalue weighted by atomic mass is 16.3. The molecule has 0 spiro atoms. The summed E-state index contributed by atoms with van der Waals surface area (Å²) in [4.78, 5) is 0. The Labute approximate surface area is 196 Å². The van der Waals surface area contributed by atoms with E-state index in [9.17, 15) is 15.3 Å². The van der Waals surface area contributed by atoms with Gasteiger partial charge in [0.1, 0.15) is 28.6 Å². The molecule has 0 saturated carbocycles. The number of benzene rings is 2. The normalized spacial score (nSPS) is 12.4. The summed E-state index contributed by atoms with van der Waals surface area (Å²) in [5.41, 5.74) is 5.91. The smallest absolute Gasteiger partial charge is 0.138 e. The summed E-state index contributed by atoms with van der Waals surface area (Å²) >= 11 is 0. The maximum atomic E-state index is 10.6. The van der Waals surface area contributed by atoms with Crippen LogP contribution in [0.4, 0.5) is 0 Å². The van der Waals surface area contributed by atoms with E-state index in [2.05, 4.69) is 45.9 Å². The van der Waals surface area contributed by atoms with Crippen LogP contribution in [0.5, 0.6) is 17.2 Å². The SMILES string of the molecule is CC(C)=CCC/C(C)=C/CC/C(C)=C/Cc1c(O)cc(O)cc1-c1cc2ccc(O)cc2o1. The summed E-state index contributed by atoms with van der Waals surface area (Å²) in [6, 6.07) is 9.75. The van der Waals surface area contributed by atoms with Crippen molar-refractivity contribution in [3.8, 4) is 28.6 Å². The third kappa shape index (κ3) is 6.79. The zero-order valence-corrected chi connectivity index (χ0v) is 20.0. The Balaban J connectivity index is 1.74. The molecule has 0 amide bonds. The van der Waals surface area contributed by atoms with Crippen LogP contribution in [0.15, 0.2) is 75.8 Å². The first-order chi connectivity index (χ1) is 15.7. The van der Waals surface area contributed by atoms with Gasteiger partial charge >= 0.3 is 0 Å². The van der Waals surface area contributed by atoms with Gasteiger partial charge in [-0.25, -0.2) is 0 Å². The van der Waals surface area contributed by atoms with E-state index in [0.29, 0.717) is 28.9 Å². The van der Waals surface area contributed by atoms with Crippen molar-refractivity contribution in [2.24, 2.45) is 0 Å². The van der Waals surface area contributed by atoms with E-state index in [1.54, 1.807) is 24.3 Å². The number of phenols is 3. The predicted molar refractivity (Wildman–Crippen MR) is 136 cm³/mol. The van der Waals surface area contributed by atoms with Gasteiger partial charge in [0.05, 0.1) is 0 Å². The molecule has 0 fully saturated rings. The average Bonchev–Trinajstić information content (AvgIpc) is 3.15. The Morgan fingerprint density at radius 1 is 0.788 bits per heavy atom. The Bertz CT molecular complexity index is 1200. The lowest BCUT2D eigenvalue weighted by molar-refractivity contribution is 0.447. The number of hydrogen-bond donors (Lipinski definition) is 3. The molecule has 0 radical (unpaired) electrons. The highest BCUT2D eigenvalue weighted by Gasteiger charge is 2.15. The molecule has 0 aliphatic heterocycles. The number of hydrogen-bond acceptors (Lipinski definition) is 4. The molecule has 3 rings (SSSR count). The minimum atomic E-state index is -0.0241. The van der Waals surface area contributed by atoms with Crippen molar-refractivity contribution in [2.75, 3.05) is 0 Å².